The van der Waals surface area contributed by atoms with Gasteiger partial charge in [-0.1, -0.05) is 17.4 Å². The molecule has 1 heterocycles. The second kappa shape index (κ2) is 6.36. The Morgan fingerprint density at radius 2 is 2.10 bits per heavy atom. The molecular formula is C14H15N3O3S. The lowest BCUT2D eigenvalue weighted by Gasteiger charge is -2.11. The molecule has 0 atom stereocenters. The molecule has 1 amide bonds. The fourth-order valence-corrected chi connectivity index (χ4v) is 2.53. The number of benzene rings is 1. The summed E-state index contributed by atoms with van der Waals surface area (Å²) >= 11 is 1.14. The Labute approximate surface area is 126 Å². The highest BCUT2D eigenvalue weighted by molar-refractivity contribution is 7.15. The molecule has 0 aliphatic rings. The predicted octanol–water partition coefficient (Wildman–Crippen LogP) is 2.97. The fourth-order valence-electron chi connectivity index (χ4n) is 1.77. The molecule has 1 N–H and O–H groups in total. The monoisotopic (exact) mass is 305 g/mol. The molecule has 0 aliphatic heterocycles. The van der Waals surface area contributed by atoms with E-state index in [0.717, 1.165) is 21.9 Å². The highest BCUT2D eigenvalue weighted by atomic mass is 32.1. The summed E-state index contributed by atoms with van der Waals surface area (Å²) in [5.74, 6) is -0.0644. The number of hydrogen-bond donors (Lipinski definition) is 1. The average Bonchev–Trinajstić information content (AvgIpc) is 2.93. The van der Waals surface area contributed by atoms with Crippen LogP contribution in [0.4, 0.5) is 10.7 Å². The molecule has 0 saturated carbocycles. The van der Waals surface area contributed by atoms with Gasteiger partial charge in [0.05, 0.1) is 4.92 Å². The van der Waals surface area contributed by atoms with E-state index in [1.807, 2.05) is 6.07 Å². The van der Waals surface area contributed by atoms with Crippen molar-refractivity contribution >= 4 is 27.9 Å². The molecule has 7 heteroatoms. The topological polar surface area (TPSA) is 75.5 Å². The van der Waals surface area contributed by atoms with Crippen molar-refractivity contribution < 1.29 is 9.72 Å². The molecule has 0 saturated heterocycles. The first-order valence-electron chi connectivity index (χ1n) is 6.26. The van der Waals surface area contributed by atoms with Crippen LogP contribution in [0.1, 0.15) is 15.2 Å². The first-order valence-corrected chi connectivity index (χ1v) is 7.07. The van der Waals surface area contributed by atoms with Gasteiger partial charge in [0.15, 0.2) is 0 Å². The molecular weight excluding hydrogens is 290 g/mol. The first-order chi connectivity index (χ1) is 9.97. The summed E-state index contributed by atoms with van der Waals surface area (Å²) in [5.41, 5.74) is 1.40. The summed E-state index contributed by atoms with van der Waals surface area (Å²) in [6.45, 7) is 0.484. The number of rotatable bonds is 5. The minimum absolute atomic E-state index is 0.0644. The quantitative estimate of drug-likeness (QED) is 0.680. The van der Waals surface area contributed by atoms with E-state index in [1.165, 1.54) is 11.0 Å². The summed E-state index contributed by atoms with van der Waals surface area (Å²) in [6, 6.07) is 10.4. The second-order valence-corrected chi connectivity index (χ2v) is 5.78. The maximum absolute atomic E-state index is 11.9. The smallest absolute Gasteiger partial charge is 0.324 e. The molecule has 110 valence electrons. The predicted molar refractivity (Wildman–Crippen MR) is 82.8 cm³/mol. The molecule has 0 bridgehead atoms. The van der Waals surface area contributed by atoms with Gasteiger partial charge in [0.25, 0.3) is 5.91 Å². The van der Waals surface area contributed by atoms with Gasteiger partial charge in [0.2, 0.25) is 0 Å². The van der Waals surface area contributed by atoms with Crippen molar-refractivity contribution in [1.29, 1.82) is 0 Å². The lowest BCUT2D eigenvalue weighted by Crippen LogP contribution is -2.21. The Hall–Kier alpha value is -2.41. The van der Waals surface area contributed by atoms with Gasteiger partial charge in [-0.05, 0) is 24.3 Å². The van der Waals surface area contributed by atoms with Crippen molar-refractivity contribution in [3.8, 4) is 0 Å². The van der Waals surface area contributed by atoms with Crippen molar-refractivity contribution in [3.63, 3.8) is 0 Å². The average molecular weight is 305 g/mol. The number of thiophene rings is 1. The van der Waals surface area contributed by atoms with Crippen LogP contribution in [0.25, 0.3) is 0 Å². The number of anilines is 1. The number of hydrogen-bond acceptors (Lipinski definition) is 5. The van der Waals surface area contributed by atoms with Crippen LogP contribution in [-0.2, 0) is 6.54 Å². The van der Waals surface area contributed by atoms with Gasteiger partial charge in [-0.3, -0.25) is 14.9 Å². The molecule has 6 nitrogen and oxygen atoms in total. The third kappa shape index (κ3) is 3.79. The summed E-state index contributed by atoms with van der Waals surface area (Å²) in [5, 5.41) is 13.9. The number of amides is 1. The van der Waals surface area contributed by atoms with Gasteiger partial charge in [-0.25, -0.2) is 0 Å². The maximum Gasteiger partial charge on any atom is 0.324 e. The van der Waals surface area contributed by atoms with Crippen LogP contribution in [0.3, 0.4) is 0 Å². The van der Waals surface area contributed by atoms with Crippen molar-refractivity contribution in [1.82, 2.24) is 4.90 Å². The van der Waals surface area contributed by atoms with Crippen LogP contribution in [-0.4, -0.2) is 29.8 Å². The maximum atomic E-state index is 11.9. The van der Waals surface area contributed by atoms with Crippen LogP contribution < -0.4 is 5.32 Å². The van der Waals surface area contributed by atoms with E-state index >= 15 is 0 Å². The zero-order valence-corrected chi connectivity index (χ0v) is 12.5. The van der Waals surface area contributed by atoms with Gasteiger partial charge < -0.3 is 10.2 Å². The van der Waals surface area contributed by atoms with E-state index in [-0.39, 0.29) is 10.9 Å². The SMILES string of the molecule is CN(C)C(=O)c1cccc(NCc2ccc([N+](=O)[O-])s2)c1. The molecule has 0 spiro atoms. The minimum Gasteiger partial charge on any atom is -0.380 e. The van der Waals surface area contributed by atoms with E-state index in [1.54, 1.807) is 38.4 Å². The van der Waals surface area contributed by atoms with Crippen molar-refractivity contribution in [3.05, 3.63) is 57.0 Å². The zero-order valence-electron chi connectivity index (χ0n) is 11.7. The van der Waals surface area contributed by atoms with Gasteiger partial charge in [0.1, 0.15) is 0 Å². The minimum atomic E-state index is -0.398. The molecule has 0 aliphatic carbocycles. The highest BCUT2D eigenvalue weighted by Crippen LogP contribution is 2.24. The third-order valence-electron chi connectivity index (χ3n) is 2.81. The zero-order chi connectivity index (χ0) is 15.4. The Balaban J connectivity index is 2.04. The fraction of sp³-hybridized carbons (Fsp3) is 0.214. The molecule has 2 aromatic rings. The molecule has 1 aromatic heterocycles. The largest absolute Gasteiger partial charge is 0.380 e. The van der Waals surface area contributed by atoms with Crippen molar-refractivity contribution in [2.75, 3.05) is 19.4 Å². The summed E-state index contributed by atoms with van der Waals surface area (Å²) in [7, 11) is 3.40. The number of nitro groups is 1. The van der Waals surface area contributed by atoms with E-state index in [9.17, 15) is 14.9 Å². The van der Waals surface area contributed by atoms with Crippen molar-refractivity contribution in [2.24, 2.45) is 0 Å². The van der Waals surface area contributed by atoms with E-state index in [4.69, 9.17) is 0 Å². The summed E-state index contributed by atoms with van der Waals surface area (Å²) < 4.78 is 0. The second-order valence-electron chi connectivity index (χ2n) is 4.63. The number of carbonyl (C=O) groups excluding carboxylic acids is 1. The molecule has 1 aromatic carbocycles. The van der Waals surface area contributed by atoms with Crippen molar-refractivity contribution in [2.45, 2.75) is 6.54 Å². The third-order valence-corrected chi connectivity index (χ3v) is 3.85. The molecule has 2 rings (SSSR count). The molecule has 0 fully saturated rings. The van der Waals surface area contributed by atoms with Crippen LogP contribution >= 0.6 is 11.3 Å². The highest BCUT2D eigenvalue weighted by Gasteiger charge is 2.10. The van der Waals surface area contributed by atoms with Gasteiger partial charge in [0, 0.05) is 42.8 Å². The Bertz CT molecular complexity index is 667. The number of nitrogens with zero attached hydrogens (tertiary/aromatic N) is 2. The van der Waals surface area contributed by atoms with E-state index < -0.39 is 4.92 Å². The standard InChI is InChI=1S/C14H15N3O3S/c1-16(2)14(18)10-4-3-5-11(8-10)15-9-12-6-7-13(21-12)17(19)20/h3-8,15H,9H2,1-2H3. The summed E-state index contributed by atoms with van der Waals surface area (Å²) in [4.78, 5) is 24.5. The van der Waals surface area contributed by atoms with Crippen LogP contribution in [0.5, 0.6) is 0 Å². The van der Waals surface area contributed by atoms with E-state index in [2.05, 4.69) is 5.32 Å². The lowest BCUT2D eigenvalue weighted by molar-refractivity contribution is -0.380. The lowest BCUT2D eigenvalue weighted by atomic mass is 10.2. The Kier molecular flexibility index (Phi) is 4.54. The van der Waals surface area contributed by atoms with Crippen LogP contribution in [0.2, 0.25) is 0 Å². The molecule has 0 radical (unpaired) electrons. The van der Waals surface area contributed by atoms with Crippen LogP contribution in [0, 0.1) is 10.1 Å². The van der Waals surface area contributed by atoms with Gasteiger partial charge in [-0.2, -0.15) is 0 Å². The molecule has 0 unspecified atom stereocenters. The Morgan fingerprint density at radius 3 is 2.71 bits per heavy atom. The number of carbonyl (C=O) groups is 1. The normalized spacial score (nSPS) is 10.2. The first kappa shape index (κ1) is 15.0. The summed E-state index contributed by atoms with van der Waals surface area (Å²) in [6.07, 6.45) is 0. The van der Waals surface area contributed by atoms with E-state index in [0.29, 0.717) is 12.1 Å². The number of nitrogens with one attached hydrogen (secondary N) is 1. The Morgan fingerprint density at radius 1 is 1.33 bits per heavy atom. The van der Waals surface area contributed by atoms with Gasteiger partial charge >= 0.3 is 5.00 Å². The van der Waals surface area contributed by atoms with Gasteiger partial charge in [-0.15, -0.1) is 0 Å². The van der Waals surface area contributed by atoms with Crippen LogP contribution in [0.15, 0.2) is 36.4 Å². The molecule has 21 heavy (non-hydrogen) atoms.